The van der Waals surface area contributed by atoms with Gasteiger partial charge >= 0.3 is 0 Å². The SMILES string of the molecule is CC(C)=CCN1CCC(Nc2c(F)ccc(C)c2F)CC1. The number of nitrogens with zero attached hydrogens (tertiary/aromatic N) is 1. The molecule has 1 aliphatic rings. The first kappa shape index (κ1) is 16.0. The lowest BCUT2D eigenvalue weighted by Gasteiger charge is -2.32. The van der Waals surface area contributed by atoms with Crippen LogP contribution in [0.1, 0.15) is 32.3 Å². The van der Waals surface area contributed by atoms with Gasteiger partial charge in [0.25, 0.3) is 0 Å². The molecule has 4 heteroatoms. The second kappa shape index (κ2) is 7.03. The summed E-state index contributed by atoms with van der Waals surface area (Å²) in [5, 5.41) is 3.05. The van der Waals surface area contributed by atoms with E-state index in [-0.39, 0.29) is 11.7 Å². The summed E-state index contributed by atoms with van der Waals surface area (Å²) in [4.78, 5) is 2.37. The molecule has 1 saturated heterocycles. The minimum Gasteiger partial charge on any atom is -0.377 e. The topological polar surface area (TPSA) is 15.3 Å². The van der Waals surface area contributed by atoms with Crippen molar-refractivity contribution in [1.82, 2.24) is 4.90 Å². The maximum absolute atomic E-state index is 14.0. The van der Waals surface area contributed by atoms with E-state index < -0.39 is 11.6 Å². The van der Waals surface area contributed by atoms with Crippen LogP contribution in [-0.2, 0) is 0 Å². The number of anilines is 1. The van der Waals surface area contributed by atoms with E-state index in [4.69, 9.17) is 0 Å². The van der Waals surface area contributed by atoms with Crippen LogP contribution in [0.5, 0.6) is 0 Å². The predicted octanol–water partition coefficient (Wildman–Crippen LogP) is 4.12. The number of hydrogen-bond acceptors (Lipinski definition) is 2. The average molecular weight is 294 g/mol. The minimum atomic E-state index is -0.509. The summed E-state index contributed by atoms with van der Waals surface area (Å²) in [5.74, 6) is -0.980. The van der Waals surface area contributed by atoms with E-state index in [0.29, 0.717) is 5.56 Å². The fraction of sp³-hybridized carbons (Fsp3) is 0.529. The Labute approximate surface area is 125 Å². The van der Waals surface area contributed by atoms with Crippen LogP contribution in [0.15, 0.2) is 23.8 Å². The highest BCUT2D eigenvalue weighted by Gasteiger charge is 2.21. The highest BCUT2D eigenvalue weighted by Crippen LogP contribution is 2.24. The van der Waals surface area contributed by atoms with E-state index in [2.05, 4.69) is 30.1 Å². The highest BCUT2D eigenvalue weighted by atomic mass is 19.1. The number of rotatable bonds is 4. The van der Waals surface area contributed by atoms with Gasteiger partial charge in [-0.1, -0.05) is 17.7 Å². The Morgan fingerprint density at radius 1 is 1.29 bits per heavy atom. The van der Waals surface area contributed by atoms with Crippen molar-refractivity contribution in [2.45, 2.75) is 39.7 Å². The average Bonchev–Trinajstić information content (AvgIpc) is 2.47. The molecule has 0 spiro atoms. The second-order valence-corrected chi connectivity index (χ2v) is 6.05. The van der Waals surface area contributed by atoms with Gasteiger partial charge in [-0.3, -0.25) is 4.90 Å². The van der Waals surface area contributed by atoms with Gasteiger partial charge in [0.2, 0.25) is 0 Å². The predicted molar refractivity (Wildman–Crippen MR) is 83.6 cm³/mol. The fourth-order valence-electron chi connectivity index (χ4n) is 2.56. The summed E-state index contributed by atoms with van der Waals surface area (Å²) in [6.07, 6.45) is 4.03. The number of nitrogens with one attached hydrogen (secondary N) is 1. The lowest BCUT2D eigenvalue weighted by atomic mass is 10.0. The lowest BCUT2D eigenvalue weighted by Crippen LogP contribution is -2.39. The van der Waals surface area contributed by atoms with E-state index in [0.717, 1.165) is 32.5 Å². The van der Waals surface area contributed by atoms with Crippen LogP contribution in [-0.4, -0.2) is 30.6 Å². The Hall–Kier alpha value is -1.42. The van der Waals surface area contributed by atoms with Crippen molar-refractivity contribution in [3.63, 3.8) is 0 Å². The molecule has 1 heterocycles. The molecule has 21 heavy (non-hydrogen) atoms. The molecule has 116 valence electrons. The van der Waals surface area contributed by atoms with Crippen LogP contribution in [0.3, 0.4) is 0 Å². The summed E-state index contributed by atoms with van der Waals surface area (Å²) < 4.78 is 27.7. The van der Waals surface area contributed by atoms with Crippen LogP contribution in [0.2, 0.25) is 0 Å². The zero-order valence-corrected chi connectivity index (χ0v) is 13.0. The van der Waals surface area contributed by atoms with Crippen molar-refractivity contribution < 1.29 is 8.78 Å². The normalized spacial score (nSPS) is 16.8. The third-order valence-electron chi connectivity index (χ3n) is 3.98. The molecule has 0 amide bonds. The second-order valence-electron chi connectivity index (χ2n) is 6.05. The van der Waals surface area contributed by atoms with Crippen LogP contribution in [0.25, 0.3) is 0 Å². The summed E-state index contributed by atoms with van der Waals surface area (Å²) >= 11 is 0. The monoisotopic (exact) mass is 294 g/mol. The molecule has 0 aliphatic carbocycles. The quantitative estimate of drug-likeness (QED) is 0.841. The zero-order chi connectivity index (χ0) is 15.4. The van der Waals surface area contributed by atoms with Gasteiger partial charge in [0.1, 0.15) is 11.5 Å². The van der Waals surface area contributed by atoms with Gasteiger partial charge in [-0.05, 0) is 45.2 Å². The molecule has 1 aliphatic heterocycles. The Kier molecular flexibility index (Phi) is 5.34. The molecular formula is C17H24F2N2. The van der Waals surface area contributed by atoms with Gasteiger partial charge in [-0.25, -0.2) is 8.78 Å². The third kappa shape index (κ3) is 4.27. The molecule has 0 unspecified atom stereocenters. The molecule has 1 aromatic rings. The Bertz CT molecular complexity index is 514. The first-order chi connectivity index (χ1) is 9.97. The summed E-state index contributed by atoms with van der Waals surface area (Å²) in [5.41, 5.74) is 1.82. The number of hydrogen-bond donors (Lipinski definition) is 1. The Balaban J connectivity index is 1.92. The summed E-state index contributed by atoms with van der Waals surface area (Å²) in [6, 6.07) is 2.93. The number of halogens is 2. The first-order valence-electron chi connectivity index (χ1n) is 7.54. The number of allylic oxidation sites excluding steroid dienone is 1. The van der Waals surface area contributed by atoms with Crippen molar-refractivity contribution in [2.24, 2.45) is 0 Å². The zero-order valence-electron chi connectivity index (χ0n) is 13.0. The number of likely N-dealkylation sites (tertiary alicyclic amines) is 1. The molecule has 1 fully saturated rings. The van der Waals surface area contributed by atoms with Crippen LogP contribution in [0, 0.1) is 18.6 Å². The van der Waals surface area contributed by atoms with E-state index >= 15 is 0 Å². The van der Waals surface area contributed by atoms with Crippen molar-refractivity contribution >= 4 is 5.69 Å². The highest BCUT2D eigenvalue weighted by molar-refractivity contribution is 5.49. The van der Waals surface area contributed by atoms with E-state index in [1.54, 1.807) is 6.92 Å². The number of benzene rings is 1. The Morgan fingerprint density at radius 2 is 1.95 bits per heavy atom. The molecule has 2 rings (SSSR count). The largest absolute Gasteiger partial charge is 0.377 e. The number of aryl methyl sites for hydroxylation is 1. The van der Waals surface area contributed by atoms with Crippen molar-refractivity contribution in [1.29, 1.82) is 0 Å². The molecule has 1 aromatic carbocycles. The van der Waals surface area contributed by atoms with Crippen LogP contribution >= 0.6 is 0 Å². The maximum Gasteiger partial charge on any atom is 0.152 e. The van der Waals surface area contributed by atoms with Gasteiger partial charge in [-0.2, -0.15) is 0 Å². The van der Waals surface area contributed by atoms with Crippen molar-refractivity contribution in [3.8, 4) is 0 Å². The van der Waals surface area contributed by atoms with E-state index in [1.807, 2.05) is 0 Å². The fourth-order valence-corrected chi connectivity index (χ4v) is 2.56. The van der Waals surface area contributed by atoms with Gasteiger partial charge in [0.15, 0.2) is 5.82 Å². The summed E-state index contributed by atoms with van der Waals surface area (Å²) in [6.45, 7) is 8.71. The Morgan fingerprint density at radius 3 is 2.57 bits per heavy atom. The molecular weight excluding hydrogens is 270 g/mol. The van der Waals surface area contributed by atoms with Crippen molar-refractivity contribution in [3.05, 3.63) is 41.0 Å². The number of piperidine rings is 1. The van der Waals surface area contributed by atoms with E-state index in [1.165, 1.54) is 17.7 Å². The summed E-state index contributed by atoms with van der Waals surface area (Å²) in [7, 11) is 0. The van der Waals surface area contributed by atoms with Crippen LogP contribution < -0.4 is 5.32 Å². The van der Waals surface area contributed by atoms with E-state index in [9.17, 15) is 8.78 Å². The molecule has 0 aromatic heterocycles. The molecule has 0 bridgehead atoms. The van der Waals surface area contributed by atoms with Gasteiger partial charge in [-0.15, -0.1) is 0 Å². The standard InChI is InChI=1S/C17H24F2N2/c1-12(2)6-9-21-10-7-14(8-11-21)20-17-15(18)5-4-13(3)16(17)19/h4-6,14,20H,7-11H2,1-3H3. The molecule has 2 nitrogen and oxygen atoms in total. The van der Waals surface area contributed by atoms with Gasteiger partial charge in [0.05, 0.1) is 0 Å². The molecule has 0 atom stereocenters. The smallest absolute Gasteiger partial charge is 0.152 e. The van der Waals surface area contributed by atoms with Gasteiger partial charge < -0.3 is 5.32 Å². The molecule has 0 saturated carbocycles. The third-order valence-corrected chi connectivity index (χ3v) is 3.98. The molecule has 0 radical (unpaired) electrons. The van der Waals surface area contributed by atoms with Crippen molar-refractivity contribution in [2.75, 3.05) is 25.0 Å². The van der Waals surface area contributed by atoms with Gasteiger partial charge in [0, 0.05) is 25.7 Å². The van der Waals surface area contributed by atoms with Crippen LogP contribution in [0.4, 0.5) is 14.5 Å². The minimum absolute atomic E-state index is 0.0257. The lowest BCUT2D eigenvalue weighted by molar-refractivity contribution is 0.239. The maximum atomic E-state index is 14.0. The first-order valence-corrected chi connectivity index (χ1v) is 7.54. The molecule has 1 N–H and O–H groups in total.